The van der Waals surface area contributed by atoms with Gasteiger partial charge in [-0.1, -0.05) is 41.4 Å². The van der Waals surface area contributed by atoms with E-state index in [0.29, 0.717) is 38.2 Å². The van der Waals surface area contributed by atoms with E-state index in [-0.39, 0.29) is 5.56 Å². The van der Waals surface area contributed by atoms with E-state index in [2.05, 4.69) is 5.32 Å². The van der Waals surface area contributed by atoms with Crippen LogP contribution in [0, 0.1) is 0 Å². The molecule has 0 aliphatic carbocycles. The van der Waals surface area contributed by atoms with E-state index in [1.165, 1.54) is 12.1 Å². The molecule has 0 fully saturated rings. The summed E-state index contributed by atoms with van der Waals surface area (Å²) in [6.07, 6.45) is 0. The molecule has 1 heterocycles. The second-order valence-corrected chi connectivity index (χ2v) is 7.01. The highest BCUT2D eigenvalue weighted by molar-refractivity contribution is 6.31. The highest BCUT2D eigenvalue weighted by atomic mass is 35.5. The molecule has 0 unspecified atom stereocenters. The number of amides is 1. The molecule has 0 saturated heterocycles. The van der Waals surface area contributed by atoms with Crippen LogP contribution in [0.2, 0.25) is 10.0 Å². The van der Waals surface area contributed by atoms with Crippen molar-refractivity contribution in [1.29, 1.82) is 0 Å². The molecule has 1 N–H and O–H groups in total. The van der Waals surface area contributed by atoms with Crippen molar-refractivity contribution in [2.75, 3.05) is 5.32 Å². The molecule has 3 aromatic carbocycles. The maximum absolute atomic E-state index is 12.8. The third-order valence-electron chi connectivity index (χ3n) is 4.10. The van der Waals surface area contributed by atoms with Crippen LogP contribution in [0.15, 0.2) is 82.0 Å². The molecule has 5 nitrogen and oxygen atoms in total. The van der Waals surface area contributed by atoms with Crippen molar-refractivity contribution in [3.05, 3.63) is 98.8 Å². The molecule has 0 aliphatic rings. The fourth-order valence-corrected chi connectivity index (χ4v) is 3.10. The lowest BCUT2D eigenvalue weighted by Crippen LogP contribution is -2.21. The first-order valence-corrected chi connectivity index (χ1v) is 9.32. The maximum Gasteiger partial charge on any atom is 0.349 e. The van der Waals surface area contributed by atoms with Crippen molar-refractivity contribution in [2.24, 2.45) is 0 Å². The first kappa shape index (κ1) is 19.1. The van der Waals surface area contributed by atoms with Crippen LogP contribution < -0.4 is 15.7 Å². The molecule has 1 amide bonds. The van der Waals surface area contributed by atoms with Gasteiger partial charge in [-0.05, 0) is 54.6 Å². The minimum atomic E-state index is -0.759. The molecular weight excluding hydrogens is 413 g/mol. The molecule has 1 aromatic heterocycles. The second-order valence-electron chi connectivity index (χ2n) is 6.14. The van der Waals surface area contributed by atoms with Crippen LogP contribution in [-0.2, 0) is 0 Å². The smallest absolute Gasteiger partial charge is 0.349 e. The lowest BCUT2D eigenvalue weighted by atomic mass is 10.1. The topological polar surface area (TPSA) is 68.5 Å². The number of halogens is 2. The number of rotatable bonds is 4. The maximum atomic E-state index is 12.8. The number of fused-ring (bicyclic) bond motifs is 1. The standard InChI is InChI=1S/C22H13Cl2NO4/c23-14-6-8-19-13(10-14)11-17(22(27)29-19)21(26)25-18-12-15(24)7-9-20(18)28-16-4-2-1-3-5-16/h1-12H,(H,25,26). The van der Waals surface area contributed by atoms with Gasteiger partial charge in [-0.25, -0.2) is 4.79 Å². The molecule has 29 heavy (non-hydrogen) atoms. The number of hydrogen-bond donors (Lipinski definition) is 1. The summed E-state index contributed by atoms with van der Waals surface area (Å²) >= 11 is 12.1. The minimum Gasteiger partial charge on any atom is -0.455 e. The van der Waals surface area contributed by atoms with Crippen LogP contribution in [0.25, 0.3) is 11.0 Å². The molecule has 7 heteroatoms. The van der Waals surface area contributed by atoms with Gasteiger partial charge in [0.25, 0.3) is 5.91 Å². The van der Waals surface area contributed by atoms with E-state index in [1.54, 1.807) is 42.5 Å². The number of carbonyl (C=O) groups is 1. The summed E-state index contributed by atoms with van der Waals surface area (Å²) in [7, 11) is 0. The number of nitrogens with one attached hydrogen (secondary N) is 1. The van der Waals surface area contributed by atoms with Gasteiger partial charge in [0, 0.05) is 15.4 Å². The van der Waals surface area contributed by atoms with Gasteiger partial charge >= 0.3 is 5.63 Å². The summed E-state index contributed by atoms with van der Waals surface area (Å²) in [5.41, 5.74) is -0.265. The van der Waals surface area contributed by atoms with Crippen molar-refractivity contribution in [1.82, 2.24) is 0 Å². The molecule has 0 spiro atoms. The van der Waals surface area contributed by atoms with Crippen LogP contribution >= 0.6 is 23.2 Å². The quantitative estimate of drug-likeness (QED) is 0.398. The Morgan fingerprint density at radius 1 is 0.897 bits per heavy atom. The number of hydrogen-bond acceptors (Lipinski definition) is 4. The zero-order valence-corrected chi connectivity index (χ0v) is 16.3. The Kier molecular flexibility index (Phi) is 5.25. The molecule has 0 radical (unpaired) electrons. The molecule has 4 rings (SSSR count). The average molecular weight is 426 g/mol. The lowest BCUT2D eigenvalue weighted by molar-refractivity contribution is 0.102. The minimum absolute atomic E-state index is 0.162. The third kappa shape index (κ3) is 4.26. The second kappa shape index (κ2) is 7.99. The largest absolute Gasteiger partial charge is 0.455 e. The van der Waals surface area contributed by atoms with Crippen molar-refractivity contribution < 1.29 is 13.9 Å². The van der Waals surface area contributed by atoms with E-state index >= 15 is 0 Å². The Balaban J connectivity index is 1.68. The van der Waals surface area contributed by atoms with E-state index in [1.807, 2.05) is 18.2 Å². The Morgan fingerprint density at radius 2 is 1.62 bits per heavy atom. The Bertz CT molecular complexity index is 1270. The summed E-state index contributed by atoms with van der Waals surface area (Å²) in [6.45, 7) is 0. The van der Waals surface area contributed by atoms with E-state index in [9.17, 15) is 9.59 Å². The number of anilines is 1. The van der Waals surface area contributed by atoms with Crippen molar-refractivity contribution in [3.8, 4) is 11.5 Å². The van der Waals surface area contributed by atoms with Crippen molar-refractivity contribution in [3.63, 3.8) is 0 Å². The SMILES string of the molecule is O=C(Nc1cc(Cl)ccc1Oc1ccccc1)c1cc2cc(Cl)ccc2oc1=O. The highest BCUT2D eigenvalue weighted by Crippen LogP contribution is 2.32. The summed E-state index contributed by atoms with van der Waals surface area (Å²) < 4.78 is 11.0. The zero-order valence-electron chi connectivity index (χ0n) is 14.8. The van der Waals surface area contributed by atoms with Gasteiger partial charge < -0.3 is 14.5 Å². The Labute approximate surface area is 175 Å². The number of carbonyl (C=O) groups excluding carboxylic acids is 1. The molecule has 0 bridgehead atoms. The van der Waals surface area contributed by atoms with Crippen molar-refractivity contribution in [2.45, 2.75) is 0 Å². The van der Waals surface area contributed by atoms with Gasteiger partial charge in [-0.3, -0.25) is 4.79 Å². The number of para-hydroxylation sites is 1. The fraction of sp³-hybridized carbons (Fsp3) is 0. The van der Waals surface area contributed by atoms with Gasteiger partial charge in [0.05, 0.1) is 5.69 Å². The first-order chi connectivity index (χ1) is 14.0. The lowest BCUT2D eigenvalue weighted by Gasteiger charge is -2.12. The number of benzene rings is 3. The van der Waals surface area contributed by atoms with Gasteiger partial charge in [0.1, 0.15) is 16.9 Å². The zero-order chi connectivity index (χ0) is 20.4. The van der Waals surface area contributed by atoms with E-state index < -0.39 is 11.5 Å². The average Bonchev–Trinajstić information content (AvgIpc) is 2.70. The fourth-order valence-electron chi connectivity index (χ4n) is 2.75. The molecule has 0 saturated carbocycles. The predicted octanol–water partition coefficient (Wildman–Crippen LogP) is 6.14. The van der Waals surface area contributed by atoms with Crippen LogP contribution in [0.4, 0.5) is 5.69 Å². The first-order valence-electron chi connectivity index (χ1n) is 8.57. The van der Waals surface area contributed by atoms with E-state index in [0.717, 1.165) is 0 Å². The molecule has 4 aromatic rings. The number of ether oxygens (including phenoxy) is 1. The summed E-state index contributed by atoms with van der Waals surface area (Å²) in [6, 6.07) is 20.1. The van der Waals surface area contributed by atoms with Crippen LogP contribution in [0.1, 0.15) is 10.4 Å². The molecule has 0 aliphatic heterocycles. The van der Waals surface area contributed by atoms with Crippen LogP contribution in [0.5, 0.6) is 11.5 Å². The van der Waals surface area contributed by atoms with Gasteiger partial charge in [0.2, 0.25) is 0 Å². The van der Waals surface area contributed by atoms with Crippen LogP contribution in [0.3, 0.4) is 0 Å². The van der Waals surface area contributed by atoms with Crippen molar-refractivity contribution >= 4 is 45.8 Å². The molecule has 144 valence electrons. The summed E-state index contributed by atoms with van der Waals surface area (Å²) in [5, 5.41) is 4.07. The van der Waals surface area contributed by atoms with Gasteiger partial charge in [-0.2, -0.15) is 0 Å². The van der Waals surface area contributed by atoms with Gasteiger partial charge in [0.15, 0.2) is 5.75 Å². The van der Waals surface area contributed by atoms with Crippen LogP contribution in [-0.4, -0.2) is 5.91 Å². The molecule has 0 atom stereocenters. The van der Waals surface area contributed by atoms with E-state index in [4.69, 9.17) is 32.4 Å². The normalized spacial score (nSPS) is 10.7. The highest BCUT2D eigenvalue weighted by Gasteiger charge is 2.17. The summed E-state index contributed by atoms with van der Waals surface area (Å²) in [4.78, 5) is 25.1. The van der Waals surface area contributed by atoms with Gasteiger partial charge in [-0.15, -0.1) is 0 Å². The molecular formula is C22H13Cl2NO4. The Hall–Kier alpha value is -3.28. The Morgan fingerprint density at radius 3 is 2.41 bits per heavy atom. The third-order valence-corrected chi connectivity index (χ3v) is 4.57. The summed E-state index contributed by atoms with van der Waals surface area (Å²) in [5.74, 6) is 0.313. The monoisotopic (exact) mass is 425 g/mol. The predicted molar refractivity (Wildman–Crippen MR) is 113 cm³/mol.